The number of H-pyrrole nitrogens is 1. The average Bonchev–Trinajstić information content (AvgIpc) is 3.31. The van der Waals surface area contributed by atoms with E-state index in [9.17, 15) is 4.79 Å². The molecule has 0 unspecified atom stereocenters. The predicted molar refractivity (Wildman–Crippen MR) is 96.7 cm³/mol. The van der Waals surface area contributed by atoms with Crippen molar-refractivity contribution in [2.45, 2.75) is 40.3 Å². The van der Waals surface area contributed by atoms with Crippen LogP contribution in [0.3, 0.4) is 0 Å². The largest absolute Gasteiger partial charge is 0.497 e. The molecule has 25 heavy (non-hydrogen) atoms. The summed E-state index contributed by atoms with van der Waals surface area (Å²) in [7, 11) is 1.62. The number of hydrogen-bond donors (Lipinski definition) is 1. The number of ether oxygens (including phenoxy) is 1. The lowest BCUT2D eigenvalue weighted by atomic mass is 10.2. The first-order valence-corrected chi connectivity index (χ1v) is 8.17. The number of methoxy groups -OCH3 is 1. The van der Waals surface area contributed by atoms with Crippen molar-refractivity contribution in [1.82, 2.24) is 29.5 Å². The Labute approximate surface area is 147 Å². The van der Waals surface area contributed by atoms with Crippen LogP contribution in [0.1, 0.15) is 39.3 Å². The quantitative estimate of drug-likeness (QED) is 0.784. The molecule has 136 valence electrons. The Hall–Kier alpha value is -2.90. The van der Waals surface area contributed by atoms with Gasteiger partial charge in [-0.2, -0.15) is 10.2 Å². The van der Waals surface area contributed by atoms with Gasteiger partial charge >= 0.3 is 5.69 Å². The standard InChI is InChI=1S/C10H11N3O2.C5H9N3.C2H6/c1-15-9-4-2-8(3-5-9)6-13-10(14)11-7-12-13;1-5(2)8-4-6-3-7-8;1-2/h2-5,7H,6H2,1H3,(H,11,12,14);3-5H,1-2H3;1-2H3. The van der Waals surface area contributed by atoms with Gasteiger partial charge in [0.05, 0.1) is 13.7 Å². The van der Waals surface area contributed by atoms with Crippen molar-refractivity contribution in [3.63, 3.8) is 0 Å². The van der Waals surface area contributed by atoms with Gasteiger partial charge in [0, 0.05) is 6.04 Å². The van der Waals surface area contributed by atoms with Crippen LogP contribution in [0.2, 0.25) is 0 Å². The monoisotopic (exact) mass is 346 g/mol. The SMILES string of the molecule is CC.CC(C)n1cncn1.COc1ccc(Cn2nc[nH]c2=O)cc1. The average molecular weight is 346 g/mol. The number of hydrogen-bond acceptors (Lipinski definition) is 5. The van der Waals surface area contributed by atoms with Crippen molar-refractivity contribution in [1.29, 1.82) is 0 Å². The molecule has 8 nitrogen and oxygen atoms in total. The van der Waals surface area contributed by atoms with Gasteiger partial charge in [0.25, 0.3) is 0 Å². The van der Waals surface area contributed by atoms with Gasteiger partial charge in [-0.15, -0.1) is 0 Å². The number of rotatable bonds is 4. The summed E-state index contributed by atoms with van der Waals surface area (Å²) < 4.78 is 8.21. The Morgan fingerprint density at radius 1 is 1.16 bits per heavy atom. The van der Waals surface area contributed by atoms with Gasteiger partial charge in [0.1, 0.15) is 24.7 Å². The lowest BCUT2D eigenvalue weighted by molar-refractivity contribution is 0.414. The highest BCUT2D eigenvalue weighted by Gasteiger charge is 1.99. The molecule has 0 radical (unpaired) electrons. The van der Waals surface area contributed by atoms with E-state index in [1.807, 2.05) is 38.1 Å². The molecule has 1 N–H and O–H groups in total. The van der Waals surface area contributed by atoms with Crippen molar-refractivity contribution < 1.29 is 4.74 Å². The van der Waals surface area contributed by atoms with E-state index in [-0.39, 0.29) is 5.69 Å². The fourth-order valence-electron chi connectivity index (χ4n) is 1.78. The molecule has 0 aliphatic carbocycles. The van der Waals surface area contributed by atoms with Gasteiger partial charge in [0.2, 0.25) is 0 Å². The van der Waals surface area contributed by atoms with Crippen molar-refractivity contribution >= 4 is 0 Å². The Kier molecular flexibility index (Phi) is 8.70. The van der Waals surface area contributed by atoms with Crippen molar-refractivity contribution in [3.05, 3.63) is 59.3 Å². The molecule has 3 rings (SSSR count). The maximum Gasteiger partial charge on any atom is 0.343 e. The molecule has 0 aliphatic heterocycles. The lowest BCUT2D eigenvalue weighted by Crippen LogP contribution is -2.18. The van der Waals surface area contributed by atoms with Gasteiger partial charge in [-0.25, -0.2) is 14.5 Å². The summed E-state index contributed by atoms with van der Waals surface area (Å²) in [4.78, 5) is 17.4. The highest BCUT2D eigenvalue weighted by molar-refractivity contribution is 5.27. The molecule has 0 spiro atoms. The molecule has 0 saturated carbocycles. The first-order valence-electron chi connectivity index (χ1n) is 8.17. The molecular formula is C17H26N6O2. The van der Waals surface area contributed by atoms with Crippen LogP contribution < -0.4 is 10.4 Å². The van der Waals surface area contributed by atoms with E-state index in [1.54, 1.807) is 24.4 Å². The van der Waals surface area contributed by atoms with Crippen LogP contribution in [0.15, 0.2) is 48.0 Å². The summed E-state index contributed by atoms with van der Waals surface area (Å²) in [5.41, 5.74) is 0.802. The van der Waals surface area contributed by atoms with Crippen LogP contribution in [-0.2, 0) is 6.54 Å². The summed E-state index contributed by atoms with van der Waals surface area (Å²) in [6.45, 7) is 8.59. The Balaban J connectivity index is 0.000000264. The highest BCUT2D eigenvalue weighted by atomic mass is 16.5. The van der Waals surface area contributed by atoms with E-state index in [0.717, 1.165) is 11.3 Å². The smallest absolute Gasteiger partial charge is 0.343 e. The summed E-state index contributed by atoms with van der Waals surface area (Å²) in [6, 6.07) is 7.94. The fourth-order valence-corrected chi connectivity index (χ4v) is 1.78. The third kappa shape index (κ3) is 6.62. The summed E-state index contributed by atoms with van der Waals surface area (Å²) in [5, 5.41) is 7.79. The summed E-state index contributed by atoms with van der Waals surface area (Å²) in [5.74, 6) is 0.799. The third-order valence-corrected chi connectivity index (χ3v) is 3.08. The van der Waals surface area contributed by atoms with Crippen molar-refractivity contribution in [2.75, 3.05) is 7.11 Å². The minimum Gasteiger partial charge on any atom is -0.497 e. The van der Waals surface area contributed by atoms with Crippen LogP contribution in [0.4, 0.5) is 0 Å². The molecule has 3 aromatic rings. The second-order valence-electron chi connectivity index (χ2n) is 5.07. The fraction of sp³-hybridized carbons (Fsp3) is 0.412. The Morgan fingerprint density at radius 3 is 2.24 bits per heavy atom. The van der Waals surface area contributed by atoms with E-state index in [0.29, 0.717) is 12.6 Å². The highest BCUT2D eigenvalue weighted by Crippen LogP contribution is 2.11. The van der Waals surface area contributed by atoms with Crippen LogP contribution in [0, 0.1) is 0 Å². The van der Waals surface area contributed by atoms with Crippen LogP contribution in [0.5, 0.6) is 5.75 Å². The minimum atomic E-state index is -0.203. The van der Waals surface area contributed by atoms with E-state index in [4.69, 9.17) is 4.74 Å². The predicted octanol–water partition coefficient (Wildman–Crippen LogP) is 2.51. The van der Waals surface area contributed by atoms with E-state index < -0.39 is 0 Å². The van der Waals surface area contributed by atoms with Crippen LogP contribution in [0.25, 0.3) is 0 Å². The van der Waals surface area contributed by atoms with Crippen LogP contribution in [-0.4, -0.2) is 36.6 Å². The molecule has 0 aliphatic rings. The number of benzene rings is 1. The molecule has 0 amide bonds. The van der Waals surface area contributed by atoms with Gasteiger partial charge in [0.15, 0.2) is 0 Å². The molecule has 1 aromatic carbocycles. The van der Waals surface area contributed by atoms with E-state index >= 15 is 0 Å². The topological polar surface area (TPSA) is 90.6 Å². The van der Waals surface area contributed by atoms with Gasteiger partial charge in [-0.3, -0.25) is 9.67 Å². The number of nitrogens with zero attached hydrogens (tertiary/aromatic N) is 5. The van der Waals surface area contributed by atoms with Crippen molar-refractivity contribution in [3.8, 4) is 5.75 Å². The molecule has 0 saturated heterocycles. The number of nitrogens with one attached hydrogen (secondary N) is 1. The zero-order valence-electron chi connectivity index (χ0n) is 15.4. The van der Waals surface area contributed by atoms with E-state index in [2.05, 4.69) is 34.0 Å². The molecule has 0 fully saturated rings. The number of aromatic amines is 1. The first-order chi connectivity index (χ1) is 12.1. The van der Waals surface area contributed by atoms with Crippen molar-refractivity contribution in [2.24, 2.45) is 0 Å². The second kappa shape index (κ2) is 10.8. The number of aromatic nitrogens is 6. The van der Waals surface area contributed by atoms with Gasteiger partial charge in [-0.1, -0.05) is 26.0 Å². The Morgan fingerprint density at radius 2 is 1.84 bits per heavy atom. The maximum absolute atomic E-state index is 11.2. The van der Waals surface area contributed by atoms with Gasteiger partial charge < -0.3 is 4.74 Å². The first kappa shape index (κ1) is 20.1. The third-order valence-electron chi connectivity index (χ3n) is 3.08. The molecular weight excluding hydrogens is 320 g/mol. The lowest BCUT2D eigenvalue weighted by Gasteiger charge is -2.02. The van der Waals surface area contributed by atoms with Crippen LogP contribution >= 0.6 is 0 Å². The van der Waals surface area contributed by atoms with Gasteiger partial charge in [-0.05, 0) is 31.5 Å². The zero-order valence-corrected chi connectivity index (χ0v) is 15.4. The Bertz CT molecular complexity index is 744. The normalized spacial score (nSPS) is 9.68. The second-order valence-corrected chi connectivity index (χ2v) is 5.07. The minimum absolute atomic E-state index is 0.203. The molecule has 2 heterocycles. The maximum atomic E-state index is 11.2. The zero-order chi connectivity index (χ0) is 18.7. The van der Waals surface area contributed by atoms with E-state index in [1.165, 1.54) is 11.0 Å². The molecule has 0 atom stereocenters. The molecule has 8 heteroatoms. The summed E-state index contributed by atoms with van der Waals surface area (Å²) in [6.07, 6.45) is 4.64. The molecule has 2 aromatic heterocycles. The molecule has 0 bridgehead atoms. The summed E-state index contributed by atoms with van der Waals surface area (Å²) >= 11 is 0.